The smallest absolute Gasteiger partial charge is 0.223 e. The van der Waals surface area contributed by atoms with E-state index in [1.165, 1.54) is 12.1 Å². The molecule has 130 valence electrons. The molecule has 1 heterocycles. The molecule has 5 heteroatoms. The summed E-state index contributed by atoms with van der Waals surface area (Å²) in [4.78, 5) is 26.2. The largest absolute Gasteiger partial charge is 0.354 e. The third-order valence-electron chi connectivity index (χ3n) is 5.15. The molecule has 0 unspecified atom stereocenters. The summed E-state index contributed by atoms with van der Waals surface area (Å²) >= 11 is 0. The Kier molecular flexibility index (Phi) is 5.48. The van der Waals surface area contributed by atoms with Crippen LogP contribution in [0.1, 0.15) is 44.1 Å². The monoisotopic (exact) mass is 332 g/mol. The van der Waals surface area contributed by atoms with Crippen LogP contribution in [0.25, 0.3) is 0 Å². The Bertz CT molecular complexity index is 599. The van der Waals surface area contributed by atoms with Crippen LogP contribution in [0.15, 0.2) is 24.3 Å². The first kappa shape index (κ1) is 16.9. The van der Waals surface area contributed by atoms with Crippen molar-refractivity contribution < 1.29 is 14.0 Å². The fraction of sp³-hybridized carbons (Fsp3) is 0.579. The first-order valence-corrected chi connectivity index (χ1v) is 8.95. The molecule has 1 aliphatic carbocycles. The molecule has 3 rings (SSSR count). The van der Waals surface area contributed by atoms with Crippen molar-refractivity contribution in [2.45, 2.75) is 51.0 Å². The zero-order chi connectivity index (χ0) is 16.9. The minimum absolute atomic E-state index is 0.100. The molecular weight excluding hydrogens is 307 g/mol. The maximum Gasteiger partial charge on any atom is 0.223 e. The molecule has 2 amide bonds. The summed E-state index contributed by atoms with van der Waals surface area (Å²) in [5, 5.41) is 3.03. The third kappa shape index (κ3) is 4.13. The summed E-state index contributed by atoms with van der Waals surface area (Å²) in [6, 6.07) is 6.38. The fourth-order valence-electron chi connectivity index (χ4n) is 3.83. The second-order valence-electron chi connectivity index (χ2n) is 6.91. The highest BCUT2D eigenvalue weighted by atomic mass is 19.1. The fourth-order valence-corrected chi connectivity index (χ4v) is 3.83. The van der Waals surface area contributed by atoms with Crippen molar-refractivity contribution in [3.05, 3.63) is 35.6 Å². The van der Waals surface area contributed by atoms with Gasteiger partial charge in [0.1, 0.15) is 5.82 Å². The van der Waals surface area contributed by atoms with Crippen molar-refractivity contribution in [2.75, 3.05) is 13.1 Å². The molecular formula is C19H25FN2O2. The molecule has 0 bridgehead atoms. The van der Waals surface area contributed by atoms with Gasteiger partial charge in [-0.15, -0.1) is 0 Å². The van der Waals surface area contributed by atoms with Crippen molar-refractivity contribution in [3.8, 4) is 0 Å². The van der Waals surface area contributed by atoms with Crippen LogP contribution in [0.4, 0.5) is 4.39 Å². The lowest BCUT2D eigenvalue weighted by molar-refractivity contribution is -0.131. The summed E-state index contributed by atoms with van der Waals surface area (Å²) in [6.07, 6.45) is 6.15. The maximum atomic E-state index is 13.4. The number of benzene rings is 1. The van der Waals surface area contributed by atoms with Crippen LogP contribution in [0.2, 0.25) is 0 Å². The van der Waals surface area contributed by atoms with E-state index in [0.29, 0.717) is 19.4 Å². The zero-order valence-electron chi connectivity index (χ0n) is 14.0. The highest BCUT2D eigenvalue weighted by molar-refractivity contribution is 5.80. The molecule has 1 aromatic rings. The summed E-state index contributed by atoms with van der Waals surface area (Å²) in [5.41, 5.74) is 0.856. The Balaban J connectivity index is 1.65. The van der Waals surface area contributed by atoms with Gasteiger partial charge in [-0.05, 0) is 43.4 Å². The van der Waals surface area contributed by atoms with Crippen LogP contribution >= 0.6 is 0 Å². The van der Waals surface area contributed by atoms with Crippen LogP contribution in [0.3, 0.4) is 0 Å². The predicted molar refractivity (Wildman–Crippen MR) is 89.8 cm³/mol. The van der Waals surface area contributed by atoms with Crippen molar-refractivity contribution in [2.24, 2.45) is 5.92 Å². The standard InChI is InChI=1S/C19H25FN2O2/c20-16-8-3-5-14(11-16)12-17(22-10-4-9-18(22)23)13-21-19(24)15-6-1-2-7-15/h3,5,8,11,15,17H,1-2,4,6-7,9-10,12-13H2,(H,21,24)/t17-/m1/s1. The Hall–Kier alpha value is -1.91. The highest BCUT2D eigenvalue weighted by Gasteiger charge is 2.29. The lowest BCUT2D eigenvalue weighted by Gasteiger charge is -2.28. The second-order valence-corrected chi connectivity index (χ2v) is 6.91. The van der Waals surface area contributed by atoms with E-state index in [0.717, 1.165) is 44.2 Å². The average Bonchev–Trinajstić information content (AvgIpc) is 3.23. The van der Waals surface area contributed by atoms with Crippen LogP contribution in [-0.4, -0.2) is 35.8 Å². The van der Waals surface area contributed by atoms with Crippen molar-refractivity contribution in [1.82, 2.24) is 10.2 Å². The molecule has 2 aliphatic rings. The molecule has 4 nitrogen and oxygen atoms in total. The third-order valence-corrected chi connectivity index (χ3v) is 5.15. The molecule has 0 aromatic heterocycles. The van der Waals surface area contributed by atoms with Gasteiger partial charge in [-0.25, -0.2) is 4.39 Å². The Labute approximate surface area is 142 Å². The van der Waals surface area contributed by atoms with Crippen LogP contribution in [-0.2, 0) is 16.0 Å². The van der Waals surface area contributed by atoms with Crippen LogP contribution in [0, 0.1) is 11.7 Å². The molecule has 1 N–H and O–H groups in total. The molecule has 1 saturated heterocycles. The number of hydrogen-bond acceptors (Lipinski definition) is 2. The number of amides is 2. The molecule has 1 saturated carbocycles. The number of likely N-dealkylation sites (tertiary alicyclic amines) is 1. The van der Waals surface area contributed by atoms with Crippen molar-refractivity contribution in [3.63, 3.8) is 0 Å². The molecule has 1 aromatic carbocycles. The van der Waals surface area contributed by atoms with Gasteiger partial charge in [-0.2, -0.15) is 0 Å². The molecule has 2 fully saturated rings. The van der Waals surface area contributed by atoms with Gasteiger partial charge in [0, 0.05) is 25.4 Å². The molecule has 0 radical (unpaired) electrons. The number of nitrogens with zero attached hydrogens (tertiary/aromatic N) is 1. The lowest BCUT2D eigenvalue weighted by atomic mass is 10.0. The number of nitrogens with one attached hydrogen (secondary N) is 1. The second kappa shape index (κ2) is 7.77. The highest BCUT2D eigenvalue weighted by Crippen LogP contribution is 2.25. The van der Waals surface area contributed by atoms with E-state index in [1.807, 2.05) is 11.0 Å². The number of rotatable bonds is 6. The normalized spacial score (nSPS) is 19.7. The van der Waals surface area contributed by atoms with E-state index in [1.54, 1.807) is 6.07 Å². The van der Waals surface area contributed by atoms with E-state index in [4.69, 9.17) is 0 Å². The maximum absolute atomic E-state index is 13.4. The van der Waals surface area contributed by atoms with E-state index < -0.39 is 0 Å². The first-order chi connectivity index (χ1) is 11.6. The van der Waals surface area contributed by atoms with E-state index >= 15 is 0 Å². The van der Waals surface area contributed by atoms with Gasteiger partial charge in [-0.3, -0.25) is 9.59 Å². The average molecular weight is 332 g/mol. The zero-order valence-corrected chi connectivity index (χ0v) is 14.0. The summed E-state index contributed by atoms with van der Waals surface area (Å²) in [6.45, 7) is 1.16. The van der Waals surface area contributed by atoms with Crippen LogP contribution < -0.4 is 5.32 Å². The minimum atomic E-state index is -0.269. The number of hydrogen-bond donors (Lipinski definition) is 1. The Morgan fingerprint density at radius 3 is 2.75 bits per heavy atom. The Morgan fingerprint density at radius 1 is 1.29 bits per heavy atom. The molecule has 1 atom stereocenters. The number of halogens is 1. The van der Waals surface area contributed by atoms with Crippen molar-refractivity contribution in [1.29, 1.82) is 0 Å². The topological polar surface area (TPSA) is 49.4 Å². The van der Waals surface area contributed by atoms with E-state index in [-0.39, 0.29) is 29.6 Å². The Morgan fingerprint density at radius 2 is 2.08 bits per heavy atom. The van der Waals surface area contributed by atoms with Gasteiger partial charge < -0.3 is 10.2 Å². The molecule has 0 spiro atoms. The lowest BCUT2D eigenvalue weighted by Crippen LogP contribution is -2.46. The number of carbonyl (C=O) groups excluding carboxylic acids is 2. The predicted octanol–water partition coefficient (Wildman–Crippen LogP) is 2.67. The molecule has 1 aliphatic heterocycles. The molecule has 24 heavy (non-hydrogen) atoms. The van der Waals surface area contributed by atoms with E-state index in [2.05, 4.69) is 5.32 Å². The van der Waals surface area contributed by atoms with Gasteiger partial charge in [0.25, 0.3) is 0 Å². The van der Waals surface area contributed by atoms with Gasteiger partial charge in [0.15, 0.2) is 0 Å². The van der Waals surface area contributed by atoms with Gasteiger partial charge in [-0.1, -0.05) is 25.0 Å². The SMILES string of the molecule is O=C(NC[C@@H](Cc1cccc(F)c1)N1CCCC1=O)C1CCCC1. The summed E-state index contributed by atoms with van der Waals surface area (Å²) < 4.78 is 13.4. The quantitative estimate of drug-likeness (QED) is 0.871. The summed E-state index contributed by atoms with van der Waals surface area (Å²) in [5.74, 6) is 0.0815. The van der Waals surface area contributed by atoms with Gasteiger partial charge >= 0.3 is 0 Å². The van der Waals surface area contributed by atoms with Gasteiger partial charge in [0.2, 0.25) is 11.8 Å². The van der Waals surface area contributed by atoms with Crippen LogP contribution in [0.5, 0.6) is 0 Å². The summed E-state index contributed by atoms with van der Waals surface area (Å²) in [7, 11) is 0. The first-order valence-electron chi connectivity index (χ1n) is 8.95. The van der Waals surface area contributed by atoms with Crippen molar-refractivity contribution >= 4 is 11.8 Å². The number of carbonyl (C=O) groups is 2. The van der Waals surface area contributed by atoms with Gasteiger partial charge in [0.05, 0.1) is 6.04 Å². The minimum Gasteiger partial charge on any atom is -0.354 e. The van der Waals surface area contributed by atoms with E-state index in [9.17, 15) is 14.0 Å².